The van der Waals surface area contributed by atoms with E-state index in [9.17, 15) is 24.6 Å². The number of rotatable bonds is 10. The molecule has 0 spiro atoms. The van der Waals surface area contributed by atoms with Crippen LogP contribution in [-0.4, -0.2) is 51.9 Å². The largest absolute Gasteiger partial charge is 0.508 e. The minimum absolute atomic E-state index is 0. The average Bonchev–Trinajstić information content (AvgIpc) is 3.31. The molecule has 0 aliphatic carbocycles. The second-order valence-electron chi connectivity index (χ2n) is 16.0. The Bertz CT molecular complexity index is 2920. The lowest BCUT2D eigenvalue weighted by Crippen LogP contribution is -2.21. The summed E-state index contributed by atoms with van der Waals surface area (Å²) in [5.41, 5.74) is 5.30. The summed E-state index contributed by atoms with van der Waals surface area (Å²) in [6.07, 6.45) is 0. The number of aromatic hydroxyl groups is 2. The Hall–Kier alpha value is -7.52. The normalized spacial score (nSPS) is 10.4. The van der Waals surface area contributed by atoms with Crippen LogP contribution in [0.25, 0.3) is 65.3 Å². The molecule has 0 aliphatic heterocycles. The molecule has 0 aliphatic rings. The first kappa shape index (κ1) is 53.1. The number of carbonyl (C=O) groups excluding carboxylic acids is 3. The van der Waals surface area contributed by atoms with Gasteiger partial charge in [0.1, 0.15) is 23.0 Å². The van der Waals surface area contributed by atoms with Crippen LogP contribution in [0, 0.1) is 0 Å². The van der Waals surface area contributed by atoms with Crippen molar-refractivity contribution in [3.8, 4) is 45.3 Å². The van der Waals surface area contributed by atoms with E-state index in [2.05, 4.69) is 93.9 Å². The van der Waals surface area contributed by atoms with Gasteiger partial charge in [0.25, 0.3) is 0 Å². The highest BCUT2D eigenvalue weighted by molar-refractivity contribution is 6.67. The van der Waals surface area contributed by atoms with Gasteiger partial charge in [-0.25, -0.2) is 9.59 Å². The molecule has 0 unspecified atom stereocenters. The first-order chi connectivity index (χ1) is 32.0. The van der Waals surface area contributed by atoms with Crippen molar-refractivity contribution in [1.29, 1.82) is 0 Å². The molecule has 8 nitrogen and oxygen atoms in total. The van der Waals surface area contributed by atoms with Crippen molar-refractivity contribution in [3.63, 3.8) is 0 Å². The summed E-state index contributed by atoms with van der Waals surface area (Å²) in [4.78, 5) is 35.9. The molecule has 0 saturated heterocycles. The van der Waals surface area contributed by atoms with Gasteiger partial charge in [-0.05, 0) is 190 Å². The number of halogens is 1. The van der Waals surface area contributed by atoms with Gasteiger partial charge in [-0.1, -0.05) is 121 Å². The molecule has 0 aromatic heterocycles. The molecule has 0 amide bonds. The summed E-state index contributed by atoms with van der Waals surface area (Å²) in [6, 6.07) is 46.5. The number of fused-ring (bicyclic) bond motifs is 4. The number of phenols is 2. The molecule has 2 N–H and O–H groups in total. The molecule has 68 heavy (non-hydrogen) atoms. The molecule has 8 rings (SSSR count). The van der Waals surface area contributed by atoms with E-state index < -0.39 is 17.2 Å². The van der Waals surface area contributed by atoms with Crippen LogP contribution >= 0.6 is 11.6 Å². The van der Waals surface area contributed by atoms with Gasteiger partial charge >= 0.3 is 11.9 Å². The van der Waals surface area contributed by atoms with Crippen molar-refractivity contribution >= 4 is 71.9 Å². The highest BCUT2D eigenvalue weighted by Gasteiger charge is 2.10. The Labute approximate surface area is 405 Å². The van der Waals surface area contributed by atoms with Gasteiger partial charge in [-0.3, -0.25) is 4.79 Å². The van der Waals surface area contributed by atoms with Gasteiger partial charge in [0.05, 0.1) is 0 Å². The molecular formula is C59H60ClNO7. The molecule has 0 saturated carbocycles. The van der Waals surface area contributed by atoms with Crippen LogP contribution in [0.2, 0.25) is 0 Å². The van der Waals surface area contributed by atoms with Gasteiger partial charge < -0.3 is 24.6 Å². The topological polar surface area (TPSA) is 113 Å². The van der Waals surface area contributed by atoms with E-state index in [1.54, 1.807) is 57.2 Å². The van der Waals surface area contributed by atoms with Crippen LogP contribution in [0.3, 0.4) is 0 Å². The number of allylic oxidation sites excluding steroid dienone is 1. The van der Waals surface area contributed by atoms with Crippen molar-refractivity contribution in [2.24, 2.45) is 0 Å². The van der Waals surface area contributed by atoms with Crippen molar-refractivity contribution in [1.82, 2.24) is 4.90 Å². The minimum atomic E-state index is -0.463. The Morgan fingerprint density at radius 1 is 0.441 bits per heavy atom. The Kier molecular flexibility index (Phi) is 19.4. The van der Waals surface area contributed by atoms with Crippen molar-refractivity contribution in [2.75, 3.05) is 19.6 Å². The lowest BCUT2D eigenvalue weighted by atomic mass is 9.98. The zero-order chi connectivity index (χ0) is 48.8. The molecule has 0 radical (unpaired) electrons. The monoisotopic (exact) mass is 929 g/mol. The van der Waals surface area contributed by atoms with E-state index in [0.29, 0.717) is 28.2 Å². The lowest BCUT2D eigenvalue weighted by molar-refractivity contribution is -0.130. The number of nitrogens with zero attached hydrogens (tertiary/aromatic N) is 1. The van der Waals surface area contributed by atoms with Crippen molar-refractivity contribution < 1.29 is 34.1 Å². The Morgan fingerprint density at radius 2 is 0.706 bits per heavy atom. The van der Waals surface area contributed by atoms with E-state index in [1.807, 2.05) is 60.7 Å². The summed E-state index contributed by atoms with van der Waals surface area (Å²) in [6.45, 7) is 25.4. The molecule has 0 heterocycles. The van der Waals surface area contributed by atoms with E-state index in [0.717, 1.165) is 65.3 Å². The molecule has 0 bridgehead atoms. The zero-order valence-electron chi connectivity index (χ0n) is 38.9. The maximum absolute atomic E-state index is 11.8. The standard InChI is InChI=1S/C28H22O4.C20H14O2.C6H15N.C4H5ClO.CH4/c1-17(2)27(29)31-25-11-9-19-5-7-21(13-23(19)15-25)22-8-6-20-10-12-26(16-24(20)14-22)32-28(30)18(3)4;21-19-7-5-13-1-3-15(9-17(13)11-19)16-4-2-14-6-8-20(22)12-18(14)10-16;1-4-7(5-2)6-3;1-3(2)4(5)6;/h5-16H,1,3H2,2,4H3;1-12,21-22H;4-6H2,1-3H3;1H2,2H3;1H4. The molecule has 8 aromatic carbocycles. The summed E-state index contributed by atoms with van der Waals surface area (Å²) in [5.74, 6) is 0.604. The summed E-state index contributed by atoms with van der Waals surface area (Å²) in [5, 5.41) is 27.0. The minimum Gasteiger partial charge on any atom is -0.508 e. The van der Waals surface area contributed by atoms with E-state index in [1.165, 1.54) is 19.6 Å². The first-order valence-electron chi connectivity index (χ1n) is 21.8. The zero-order valence-corrected chi connectivity index (χ0v) is 39.6. The maximum atomic E-state index is 11.8. The van der Waals surface area contributed by atoms with Crippen LogP contribution in [-0.2, 0) is 14.4 Å². The van der Waals surface area contributed by atoms with E-state index in [4.69, 9.17) is 21.1 Å². The molecule has 8 aromatic rings. The van der Waals surface area contributed by atoms with Crippen LogP contribution in [0.1, 0.15) is 49.0 Å². The highest BCUT2D eigenvalue weighted by atomic mass is 35.5. The van der Waals surface area contributed by atoms with Gasteiger partial charge in [-0.15, -0.1) is 0 Å². The Balaban J connectivity index is 0.000000241. The lowest BCUT2D eigenvalue weighted by Gasteiger charge is -2.13. The fourth-order valence-corrected chi connectivity index (χ4v) is 6.82. The third-order valence-corrected chi connectivity index (χ3v) is 11.1. The molecule has 350 valence electrons. The highest BCUT2D eigenvalue weighted by Crippen LogP contribution is 2.32. The average molecular weight is 931 g/mol. The molecule has 0 fully saturated rings. The van der Waals surface area contributed by atoms with E-state index in [-0.39, 0.29) is 18.9 Å². The van der Waals surface area contributed by atoms with Gasteiger partial charge in [-0.2, -0.15) is 0 Å². The molecular weight excluding hydrogens is 870 g/mol. The second kappa shape index (κ2) is 24.8. The number of ether oxygens (including phenoxy) is 2. The second-order valence-corrected chi connectivity index (χ2v) is 16.3. The van der Waals surface area contributed by atoms with Crippen LogP contribution in [0.15, 0.2) is 182 Å². The number of phenolic OH excluding ortho intramolecular Hbond substituents is 2. The number of carbonyl (C=O) groups is 3. The van der Waals surface area contributed by atoms with Crippen LogP contribution in [0.4, 0.5) is 0 Å². The SMILES string of the molecule is C.C=C(C)C(=O)Cl.C=C(C)C(=O)Oc1ccc2ccc(-c3ccc4ccc(OC(=O)C(=C)C)cc4c3)cc2c1.CCN(CC)CC.Oc1ccc2ccc(-c3ccc4ccc(O)cc4c3)cc2c1. The third kappa shape index (κ3) is 14.7. The predicted octanol–water partition coefficient (Wildman–Crippen LogP) is 15.0. The van der Waals surface area contributed by atoms with Gasteiger partial charge in [0.2, 0.25) is 5.24 Å². The fourth-order valence-electron chi connectivity index (χ4n) is 6.82. The Morgan fingerprint density at radius 3 is 0.956 bits per heavy atom. The molecule has 9 heteroatoms. The van der Waals surface area contributed by atoms with Gasteiger partial charge in [0.15, 0.2) is 0 Å². The van der Waals surface area contributed by atoms with Gasteiger partial charge in [0, 0.05) is 16.7 Å². The molecule has 0 atom stereocenters. The van der Waals surface area contributed by atoms with Crippen LogP contribution < -0.4 is 9.47 Å². The summed E-state index contributed by atoms with van der Waals surface area (Å²) in [7, 11) is 0. The van der Waals surface area contributed by atoms with E-state index >= 15 is 0 Å². The number of hydrogen-bond donors (Lipinski definition) is 2. The smallest absolute Gasteiger partial charge is 0.338 e. The maximum Gasteiger partial charge on any atom is 0.338 e. The summed E-state index contributed by atoms with van der Waals surface area (Å²) < 4.78 is 10.7. The quantitative estimate of drug-likeness (QED) is 0.0603. The first-order valence-corrected chi connectivity index (χ1v) is 22.2. The fraction of sp³-hybridized carbons (Fsp3) is 0.169. The predicted molar refractivity (Wildman–Crippen MR) is 284 cm³/mol. The van der Waals surface area contributed by atoms with Crippen LogP contribution in [0.5, 0.6) is 23.0 Å². The van der Waals surface area contributed by atoms with Crippen molar-refractivity contribution in [2.45, 2.75) is 49.0 Å². The summed E-state index contributed by atoms with van der Waals surface area (Å²) >= 11 is 4.87. The third-order valence-electron chi connectivity index (χ3n) is 10.7. The number of benzene rings is 8. The number of hydrogen-bond acceptors (Lipinski definition) is 8. The number of esters is 2. The van der Waals surface area contributed by atoms with Crippen molar-refractivity contribution in [3.05, 3.63) is 182 Å².